The maximum atomic E-state index is 12.9. The van der Waals surface area contributed by atoms with Gasteiger partial charge < -0.3 is 16.0 Å². The van der Waals surface area contributed by atoms with Crippen LogP contribution in [-0.4, -0.2) is 29.4 Å². The highest BCUT2D eigenvalue weighted by atomic mass is 16.2. The number of benzene rings is 1. The molecule has 6 nitrogen and oxygen atoms in total. The monoisotopic (exact) mass is 363 g/mol. The van der Waals surface area contributed by atoms with Gasteiger partial charge in [0.05, 0.1) is 11.3 Å². The van der Waals surface area contributed by atoms with Crippen molar-refractivity contribution in [3.8, 4) is 0 Å². The highest BCUT2D eigenvalue weighted by molar-refractivity contribution is 6.23. The van der Waals surface area contributed by atoms with Crippen molar-refractivity contribution in [1.82, 2.24) is 10.6 Å². The van der Waals surface area contributed by atoms with E-state index in [-0.39, 0.29) is 18.7 Å². The summed E-state index contributed by atoms with van der Waals surface area (Å²) >= 11 is 0. The molecule has 3 N–H and O–H groups in total. The minimum atomic E-state index is -0.723. The topological polar surface area (TPSA) is 99.1 Å². The van der Waals surface area contributed by atoms with Crippen molar-refractivity contribution in [3.63, 3.8) is 0 Å². The van der Waals surface area contributed by atoms with E-state index in [0.29, 0.717) is 16.8 Å². The summed E-state index contributed by atoms with van der Waals surface area (Å²) < 4.78 is 0. The smallest absolute Gasteiger partial charge is 0.284 e. The van der Waals surface area contributed by atoms with Crippen LogP contribution in [0.15, 0.2) is 59.7 Å². The number of allylic oxidation sites excluding steroid dienone is 4. The molecule has 0 saturated heterocycles. The predicted molar refractivity (Wildman–Crippen MR) is 102 cm³/mol. The average molecular weight is 363 g/mol. The molecule has 2 aliphatic rings. The van der Waals surface area contributed by atoms with Gasteiger partial charge >= 0.3 is 0 Å². The van der Waals surface area contributed by atoms with Crippen molar-refractivity contribution in [2.75, 3.05) is 0 Å². The second kappa shape index (κ2) is 7.53. The average Bonchev–Trinajstić information content (AvgIpc) is 3.46. The lowest BCUT2D eigenvalue weighted by Gasteiger charge is -2.25. The molecule has 0 heterocycles. The zero-order chi connectivity index (χ0) is 19.4. The largest absolute Gasteiger partial charge is 0.346 e. The Hall–Kier alpha value is -3.28. The molecule has 0 atom stereocenters. The van der Waals surface area contributed by atoms with Crippen LogP contribution in [0.3, 0.4) is 0 Å². The van der Waals surface area contributed by atoms with E-state index in [2.05, 4.69) is 10.6 Å². The second-order valence-corrected chi connectivity index (χ2v) is 6.58. The number of hydrogen-bond donors (Lipinski definition) is 3. The van der Waals surface area contributed by atoms with Crippen LogP contribution in [0.25, 0.3) is 0 Å². The summed E-state index contributed by atoms with van der Waals surface area (Å²) in [6.07, 6.45) is 9.25. The van der Waals surface area contributed by atoms with Crippen molar-refractivity contribution in [1.29, 1.82) is 5.41 Å². The first-order chi connectivity index (χ1) is 13.0. The van der Waals surface area contributed by atoms with Crippen molar-refractivity contribution < 1.29 is 14.4 Å². The van der Waals surface area contributed by atoms with Crippen molar-refractivity contribution >= 4 is 23.8 Å². The summed E-state index contributed by atoms with van der Waals surface area (Å²) in [4.78, 5) is 34.6. The maximum Gasteiger partial charge on any atom is 0.284 e. The van der Waals surface area contributed by atoms with E-state index in [4.69, 9.17) is 5.41 Å². The molecule has 0 bridgehead atoms. The van der Waals surface area contributed by atoms with Crippen LogP contribution in [0.5, 0.6) is 0 Å². The van der Waals surface area contributed by atoms with Crippen molar-refractivity contribution in [3.05, 3.63) is 70.8 Å². The van der Waals surface area contributed by atoms with E-state index >= 15 is 0 Å². The molecule has 1 fully saturated rings. The maximum absolute atomic E-state index is 12.9. The third-order valence-corrected chi connectivity index (χ3v) is 4.84. The molecular weight excluding hydrogens is 342 g/mol. The van der Waals surface area contributed by atoms with Crippen LogP contribution in [0.2, 0.25) is 0 Å². The molecular formula is C21H21N3O3. The Morgan fingerprint density at radius 3 is 2.67 bits per heavy atom. The molecule has 2 aliphatic carbocycles. The van der Waals surface area contributed by atoms with Crippen LogP contribution >= 0.6 is 0 Å². The number of carbonyl (C=O) groups excluding carboxylic acids is 3. The fourth-order valence-electron chi connectivity index (χ4n) is 3.28. The van der Waals surface area contributed by atoms with Gasteiger partial charge in [-0.15, -0.1) is 0 Å². The standard InChI is InChI=1S/C21H21N3O3/c1-2-15-17(8-5-9-18(15)22)21(10-11-21)24-20(27)16-7-4-3-6-14(16)12-23-19(26)13-25/h2-9,13,22H,10-12H2,1H3,(H,23,26)(H,24,27)/b15-2-,22-18?. The first-order valence-electron chi connectivity index (χ1n) is 8.78. The summed E-state index contributed by atoms with van der Waals surface area (Å²) in [5.41, 5.74) is 2.86. The molecule has 0 radical (unpaired) electrons. The van der Waals surface area contributed by atoms with E-state index < -0.39 is 11.4 Å². The highest BCUT2D eigenvalue weighted by Crippen LogP contribution is 2.46. The SMILES string of the molecule is C/C=C1\C(=N)C=CC=C1C1(NC(=O)c2ccccc2CNC(=O)C=O)CC1. The number of aldehydes is 1. The first-order valence-corrected chi connectivity index (χ1v) is 8.78. The van der Waals surface area contributed by atoms with Crippen LogP contribution in [0, 0.1) is 5.41 Å². The molecule has 0 aromatic heterocycles. The van der Waals surface area contributed by atoms with Gasteiger partial charge in [0, 0.05) is 17.7 Å². The Balaban J connectivity index is 1.81. The van der Waals surface area contributed by atoms with Crippen molar-refractivity contribution in [2.24, 2.45) is 0 Å². The van der Waals surface area contributed by atoms with Gasteiger partial charge in [-0.2, -0.15) is 0 Å². The van der Waals surface area contributed by atoms with E-state index in [0.717, 1.165) is 24.0 Å². The molecule has 3 rings (SSSR count). The minimum absolute atomic E-state index is 0.102. The summed E-state index contributed by atoms with van der Waals surface area (Å²) in [6.45, 7) is 1.99. The van der Waals surface area contributed by atoms with E-state index in [9.17, 15) is 14.4 Å². The predicted octanol–water partition coefficient (Wildman–Crippen LogP) is 2.23. The molecule has 27 heavy (non-hydrogen) atoms. The van der Waals surface area contributed by atoms with Gasteiger partial charge in [-0.3, -0.25) is 14.4 Å². The lowest BCUT2D eigenvalue weighted by molar-refractivity contribution is -0.131. The zero-order valence-electron chi connectivity index (χ0n) is 15.0. The molecule has 0 aliphatic heterocycles. The Kier molecular flexibility index (Phi) is 5.16. The van der Waals surface area contributed by atoms with Gasteiger partial charge in [-0.25, -0.2) is 0 Å². The Labute approximate surface area is 157 Å². The quantitative estimate of drug-likeness (QED) is 0.534. The Morgan fingerprint density at radius 2 is 2.00 bits per heavy atom. The first kappa shape index (κ1) is 18.5. The summed E-state index contributed by atoms with van der Waals surface area (Å²) in [6, 6.07) is 6.98. The molecule has 6 heteroatoms. The van der Waals surface area contributed by atoms with Crippen LogP contribution < -0.4 is 10.6 Å². The fourth-order valence-corrected chi connectivity index (χ4v) is 3.28. The molecule has 138 valence electrons. The van der Waals surface area contributed by atoms with Gasteiger partial charge in [0.2, 0.25) is 6.29 Å². The third-order valence-electron chi connectivity index (χ3n) is 4.84. The van der Waals surface area contributed by atoms with E-state index in [1.807, 2.05) is 25.2 Å². The Morgan fingerprint density at radius 1 is 1.26 bits per heavy atom. The van der Waals surface area contributed by atoms with Crippen LogP contribution in [-0.2, 0) is 16.1 Å². The van der Waals surface area contributed by atoms with Crippen LogP contribution in [0.4, 0.5) is 0 Å². The summed E-state index contributed by atoms with van der Waals surface area (Å²) in [5, 5.41) is 13.7. The molecule has 0 unspecified atom stereocenters. The molecule has 0 spiro atoms. The van der Waals surface area contributed by atoms with Crippen LogP contribution in [0.1, 0.15) is 35.7 Å². The van der Waals surface area contributed by atoms with E-state index in [1.165, 1.54) is 0 Å². The molecule has 1 saturated carbocycles. The van der Waals surface area contributed by atoms with Gasteiger partial charge in [0.15, 0.2) is 0 Å². The zero-order valence-corrected chi connectivity index (χ0v) is 15.0. The Bertz CT molecular complexity index is 905. The number of amides is 2. The lowest BCUT2D eigenvalue weighted by atomic mass is 9.88. The number of carbonyl (C=O) groups is 3. The molecule has 1 aromatic rings. The minimum Gasteiger partial charge on any atom is -0.346 e. The highest BCUT2D eigenvalue weighted by Gasteiger charge is 2.49. The summed E-state index contributed by atoms with van der Waals surface area (Å²) in [5.74, 6) is -0.958. The van der Waals surface area contributed by atoms with Gasteiger partial charge in [-0.05, 0) is 43.0 Å². The van der Waals surface area contributed by atoms with Gasteiger partial charge in [0.25, 0.3) is 11.8 Å². The third kappa shape index (κ3) is 3.79. The number of rotatable bonds is 6. The van der Waals surface area contributed by atoms with Gasteiger partial charge in [0.1, 0.15) is 0 Å². The second-order valence-electron chi connectivity index (χ2n) is 6.58. The molecule has 1 aromatic carbocycles. The van der Waals surface area contributed by atoms with Gasteiger partial charge in [-0.1, -0.05) is 36.4 Å². The number of hydrogen-bond acceptors (Lipinski definition) is 4. The fraction of sp³-hybridized carbons (Fsp3) is 0.238. The van der Waals surface area contributed by atoms with E-state index in [1.54, 1.807) is 30.3 Å². The summed E-state index contributed by atoms with van der Waals surface area (Å²) in [7, 11) is 0. The van der Waals surface area contributed by atoms with Crippen molar-refractivity contribution in [2.45, 2.75) is 31.8 Å². The lowest BCUT2D eigenvalue weighted by Crippen LogP contribution is -2.40. The normalized spacial score (nSPS) is 18.6. The number of nitrogens with one attached hydrogen (secondary N) is 3. The molecule has 2 amide bonds.